The van der Waals surface area contributed by atoms with Crippen LogP contribution in [0.4, 0.5) is 0 Å². The van der Waals surface area contributed by atoms with Crippen LogP contribution in [0.25, 0.3) is 10.8 Å². The van der Waals surface area contributed by atoms with Crippen LogP contribution in [0.15, 0.2) is 4.42 Å². The topological polar surface area (TPSA) is 63.9 Å². The zero-order valence-corrected chi connectivity index (χ0v) is 12.4. The van der Waals surface area contributed by atoms with Crippen LogP contribution in [-0.4, -0.2) is 22.3 Å². The van der Waals surface area contributed by atoms with Crippen molar-refractivity contribution in [2.24, 2.45) is 0 Å². The molecular formula is C11H15N3O2S2. The van der Waals surface area contributed by atoms with Crippen LogP contribution in [0.2, 0.25) is 0 Å². The number of nitrogens with zero attached hydrogens (tertiary/aromatic N) is 2. The van der Waals surface area contributed by atoms with Gasteiger partial charge < -0.3 is 9.15 Å². The molecule has 98 valence electrons. The Hall–Kier alpha value is -1.05. The molecule has 1 N–H and O–H groups in total. The van der Waals surface area contributed by atoms with E-state index in [0.717, 1.165) is 15.6 Å². The summed E-state index contributed by atoms with van der Waals surface area (Å²) in [5.74, 6) is 0.491. The van der Waals surface area contributed by atoms with E-state index >= 15 is 0 Å². The number of rotatable bonds is 3. The molecule has 0 spiro atoms. The molecule has 0 aromatic carbocycles. The van der Waals surface area contributed by atoms with Crippen molar-refractivity contribution in [2.75, 3.05) is 7.11 Å². The summed E-state index contributed by atoms with van der Waals surface area (Å²) in [6.45, 7) is 6.79. The number of aromatic nitrogens is 3. The summed E-state index contributed by atoms with van der Waals surface area (Å²) in [6.07, 6.45) is 0. The van der Waals surface area contributed by atoms with E-state index in [1.165, 1.54) is 11.3 Å². The second-order valence-corrected chi connectivity index (χ2v) is 6.34. The minimum absolute atomic E-state index is 0.0894. The number of aromatic amines is 1. The maximum atomic E-state index is 5.37. The van der Waals surface area contributed by atoms with Crippen molar-refractivity contribution < 1.29 is 9.15 Å². The summed E-state index contributed by atoms with van der Waals surface area (Å²) < 4.78 is 10.5. The number of ether oxygens (including phenoxy) is 1. The van der Waals surface area contributed by atoms with Crippen molar-refractivity contribution >= 4 is 23.6 Å². The van der Waals surface area contributed by atoms with Crippen molar-refractivity contribution in [2.45, 2.75) is 32.8 Å². The Labute approximate surface area is 114 Å². The first kappa shape index (κ1) is 13.4. The van der Waals surface area contributed by atoms with Crippen LogP contribution < -0.4 is 0 Å². The molecule has 0 aliphatic heterocycles. The van der Waals surface area contributed by atoms with E-state index in [4.69, 9.17) is 21.4 Å². The largest absolute Gasteiger partial charge is 0.408 e. The van der Waals surface area contributed by atoms with Gasteiger partial charge >= 0.3 is 0 Å². The van der Waals surface area contributed by atoms with E-state index in [1.807, 2.05) is 0 Å². The van der Waals surface area contributed by atoms with Gasteiger partial charge in [-0.15, -0.1) is 16.4 Å². The van der Waals surface area contributed by atoms with Crippen LogP contribution in [0.1, 0.15) is 31.5 Å². The minimum atomic E-state index is -0.0894. The molecule has 0 unspecified atom stereocenters. The average Bonchev–Trinajstić information content (AvgIpc) is 2.83. The highest BCUT2D eigenvalue weighted by molar-refractivity contribution is 7.71. The predicted octanol–water partition coefficient (Wildman–Crippen LogP) is 3.30. The first-order valence-corrected chi connectivity index (χ1v) is 6.69. The minimum Gasteiger partial charge on any atom is -0.408 e. The Morgan fingerprint density at radius 2 is 2.17 bits per heavy atom. The van der Waals surface area contributed by atoms with Crippen molar-refractivity contribution in [3.8, 4) is 10.8 Å². The van der Waals surface area contributed by atoms with Gasteiger partial charge in [0, 0.05) is 12.5 Å². The Bertz CT molecular complexity index is 592. The second kappa shape index (κ2) is 4.91. The fourth-order valence-electron chi connectivity index (χ4n) is 1.53. The smallest absolute Gasteiger partial charge is 0.284 e. The van der Waals surface area contributed by atoms with Gasteiger partial charge in [-0.05, 0) is 12.2 Å². The predicted molar refractivity (Wildman–Crippen MR) is 72.2 cm³/mol. The maximum absolute atomic E-state index is 5.37. The molecule has 0 saturated heterocycles. The summed E-state index contributed by atoms with van der Waals surface area (Å²) >= 11 is 6.42. The molecule has 0 aliphatic rings. The lowest BCUT2D eigenvalue weighted by molar-refractivity contribution is 0.184. The zero-order valence-electron chi connectivity index (χ0n) is 10.7. The SMILES string of the molecule is COCc1nc(C(C)(C)C)c(-c2n[nH]c(=S)o2)s1. The molecular weight excluding hydrogens is 270 g/mol. The van der Waals surface area contributed by atoms with Crippen LogP contribution in [0.3, 0.4) is 0 Å². The standard InChI is InChI=1S/C11H15N3O2S2/c1-11(2,3)8-7(9-13-14-10(17)16-9)18-6(12-8)5-15-4/h5H2,1-4H3,(H,14,17). The van der Waals surface area contributed by atoms with E-state index in [-0.39, 0.29) is 10.3 Å². The molecule has 5 nitrogen and oxygen atoms in total. The quantitative estimate of drug-likeness (QED) is 0.877. The molecule has 7 heteroatoms. The van der Waals surface area contributed by atoms with Gasteiger partial charge in [-0.25, -0.2) is 10.1 Å². The summed E-state index contributed by atoms with van der Waals surface area (Å²) in [5, 5.41) is 7.60. The fourth-order valence-corrected chi connectivity index (χ4v) is 2.83. The Balaban J connectivity index is 2.54. The highest BCUT2D eigenvalue weighted by Crippen LogP contribution is 2.36. The number of nitrogens with one attached hydrogen (secondary N) is 1. The van der Waals surface area contributed by atoms with E-state index in [0.29, 0.717) is 12.5 Å². The van der Waals surface area contributed by atoms with Gasteiger partial charge in [0.2, 0.25) is 0 Å². The van der Waals surface area contributed by atoms with Crippen molar-refractivity contribution in [1.82, 2.24) is 15.2 Å². The van der Waals surface area contributed by atoms with E-state index in [1.54, 1.807) is 7.11 Å². The molecule has 0 saturated carbocycles. The first-order chi connectivity index (χ1) is 8.41. The fraction of sp³-hybridized carbons (Fsp3) is 0.545. The number of hydrogen-bond donors (Lipinski definition) is 1. The van der Waals surface area contributed by atoms with Gasteiger partial charge in [-0.1, -0.05) is 20.8 Å². The number of H-pyrrole nitrogens is 1. The third kappa shape index (κ3) is 2.68. The van der Waals surface area contributed by atoms with Crippen LogP contribution in [0.5, 0.6) is 0 Å². The monoisotopic (exact) mass is 285 g/mol. The van der Waals surface area contributed by atoms with Crippen LogP contribution >= 0.6 is 23.6 Å². The van der Waals surface area contributed by atoms with Gasteiger partial charge in [0.15, 0.2) is 0 Å². The van der Waals surface area contributed by atoms with Gasteiger partial charge in [0.1, 0.15) is 9.88 Å². The lowest BCUT2D eigenvalue weighted by Crippen LogP contribution is -2.13. The molecule has 2 aromatic rings. The molecule has 2 aromatic heterocycles. The van der Waals surface area contributed by atoms with Crippen molar-refractivity contribution in [3.05, 3.63) is 15.5 Å². The molecule has 2 heterocycles. The lowest BCUT2D eigenvalue weighted by atomic mass is 9.91. The average molecular weight is 285 g/mol. The van der Waals surface area contributed by atoms with Crippen molar-refractivity contribution in [1.29, 1.82) is 0 Å². The van der Waals surface area contributed by atoms with Gasteiger partial charge in [0.05, 0.1) is 12.3 Å². The summed E-state index contributed by atoms with van der Waals surface area (Å²) in [4.78, 5) is 5.78. The van der Waals surface area contributed by atoms with Crippen molar-refractivity contribution in [3.63, 3.8) is 0 Å². The highest BCUT2D eigenvalue weighted by Gasteiger charge is 2.26. The zero-order chi connectivity index (χ0) is 13.3. The third-order valence-electron chi connectivity index (χ3n) is 2.28. The maximum Gasteiger partial charge on any atom is 0.284 e. The molecule has 0 radical (unpaired) electrons. The lowest BCUT2D eigenvalue weighted by Gasteiger charge is -2.16. The molecule has 0 bridgehead atoms. The molecule has 2 rings (SSSR count). The Kier molecular flexibility index (Phi) is 3.65. The summed E-state index contributed by atoms with van der Waals surface area (Å²) in [5.41, 5.74) is 0.860. The van der Waals surface area contributed by atoms with Crippen LogP contribution in [0, 0.1) is 4.84 Å². The molecule has 0 aliphatic carbocycles. The van der Waals surface area contributed by atoms with Gasteiger partial charge in [-0.2, -0.15) is 0 Å². The summed E-state index contributed by atoms with van der Waals surface area (Å²) in [7, 11) is 1.65. The highest BCUT2D eigenvalue weighted by atomic mass is 32.1. The van der Waals surface area contributed by atoms with Gasteiger partial charge in [0.25, 0.3) is 10.7 Å². The molecule has 0 atom stereocenters. The van der Waals surface area contributed by atoms with E-state index in [2.05, 4.69) is 36.0 Å². The number of methoxy groups -OCH3 is 1. The molecule has 18 heavy (non-hydrogen) atoms. The third-order valence-corrected chi connectivity index (χ3v) is 3.47. The second-order valence-electron chi connectivity index (χ2n) is 4.89. The number of thiazole rings is 1. The number of hydrogen-bond acceptors (Lipinski definition) is 6. The molecule has 0 amide bonds. The normalized spacial score (nSPS) is 12.0. The summed E-state index contributed by atoms with van der Waals surface area (Å²) in [6, 6.07) is 0. The van der Waals surface area contributed by atoms with E-state index in [9.17, 15) is 0 Å². The van der Waals surface area contributed by atoms with E-state index < -0.39 is 0 Å². The Morgan fingerprint density at radius 1 is 1.44 bits per heavy atom. The Morgan fingerprint density at radius 3 is 2.67 bits per heavy atom. The van der Waals surface area contributed by atoms with Crippen LogP contribution in [-0.2, 0) is 16.8 Å². The van der Waals surface area contributed by atoms with Gasteiger partial charge in [-0.3, -0.25) is 0 Å². The molecule has 0 fully saturated rings. The first-order valence-electron chi connectivity index (χ1n) is 5.47.